The summed E-state index contributed by atoms with van der Waals surface area (Å²) >= 11 is 6.03. The van der Waals surface area contributed by atoms with Crippen LogP contribution in [0.3, 0.4) is 0 Å². The van der Waals surface area contributed by atoms with Crippen LogP contribution in [0.4, 0.5) is 0 Å². The zero-order valence-corrected chi connectivity index (χ0v) is 21.4. The number of rotatable bonds is 6. The molecule has 0 bridgehead atoms. The maximum Gasteiger partial charge on any atom is 0.297 e. The average molecular weight is 548 g/mol. The van der Waals surface area contributed by atoms with E-state index >= 15 is 0 Å². The minimum Gasteiger partial charge on any atom is -0.440 e. The molecule has 2 amide bonds. The van der Waals surface area contributed by atoms with Crippen LogP contribution in [-0.2, 0) is 19.6 Å². The molecule has 2 N–H and O–H groups in total. The molecule has 1 aliphatic heterocycles. The lowest BCUT2D eigenvalue weighted by molar-refractivity contribution is -0.126. The molecule has 3 fully saturated rings. The molecule has 0 atom stereocenters. The lowest BCUT2D eigenvalue weighted by atomic mass is 9.50. The molecule has 2 aliphatic carbocycles. The Morgan fingerprint density at radius 3 is 2.54 bits per heavy atom. The van der Waals surface area contributed by atoms with E-state index in [0.717, 1.165) is 42.7 Å². The Balaban J connectivity index is 1.00. The van der Waals surface area contributed by atoms with Crippen LogP contribution in [0.1, 0.15) is 60.9 Å². The molecule has 1 spiro atoms. The van der Waals surface area contributed by atoms with Crippen molar-refractivity contribution in [3.8, 4) is 0 Å². The number of hydrogen-bond acceptors (Lipinski definition) is 8. The summed E-state index contributed by atoms with van der Waals surface area (Å²) in [5, 5.41) is 3.07. The summed E-state index contributed by atoms with van der Waals surface area (Å²) in [6.45, 7) is 0.830. The van der Waals surface area contributed by atoms with E-state index < -0.39 is 32.8 Å². The number of nitrogens with one attached hydrogen (secondary N) is 2. The predicted octanol–water partition coefficient (Wildman–Crippen LogP) is 3.76. The van der Waals surface area contributed by atoms with Crippen LogP contribution >= 0.6 is 11.6 Å². The van der Waals surface area contributed by atoms with Gasteiger partial charge in [0.1, 0.15) is 5.52 Å². The molecule has 2 saturated carbocycles. The molecular formula is C25H26ClN3O7S. The van der Waals surface area contributed by atoms with Crippen molar-refractivity contribution in [3.63, 3.8) is 0 Å². The van der Waals surface area contributed by atoms with Crippen LogP contribution in [-0.4, -0.2) is 44.5 Å². The van der Waals surface area contributed by atoms with E-state index in [9.17, 15) is 18.0 Å². The summed E-state index contributed by atoms with van der Waals surface area (Å²) in [6.07, 6.45) is 4.45. The predicted molar refractivity (Wildman–Crippen MR) is 131 cm³/mol. The van der Waals surface area contributed by atoms with Gasteiger partial charge in [0, 0.05) is 36.1 Å². The minimum absolute atomic E-state index is 0.0192. The third kappa shape index (κ3) is 4.75. The molecule has 1 saturated heterocycles. The van der Waals surface area contributed by atoms with E-state index in [2.05, 4.69) is 10.3 Å². The van der Waals surface area contributed by atoms with Crippen LogP contribution in [0, 0.1) is 11.3 Å². The van der Waals surface area contributed by atoms with Crippen molar-refractivity contribution in [1.82, 2.24) is 15.0 Å². The number of furan rings is 1. The number of ether oxygens (including phenoxy) is 1. The highest BCUT2D eigenvalue weighted by molar-refractivity contribution is 7.89. The van der Waals surface area contributed by atoms with E-state index in [1.807, 2.05) is 10.8 Å². The van der Waals surface area contributed by atoms with Gasteiger partial charge < -0.3 is 18.9 Å². The number of benzene rings is 1. The van der Waals surface area contributed by atoms with E-state index in [-0.39, 0.29) is 23.1 Å². The second-order valence-corrected chi connectivity index (χ2v) is 12.4. The topological polar surface area (TPSA) is 141 Å². The van der Waals surface area contributed by atoms with Gasteiger partial charge in [-0.1, -0.05) is 11.6 Å². The average Bonchev–Trinajstić information content (AvgIpc) is 3.47. The number of nitrogens with zero attached hydrogens (tertiary/aromatic N) is 1. The maximum atomic E-state index is 12.7. The number of carbonyl (C=O) groups is 2. The fraction of sp³-hybridized carbons (Fsp3) is 0.480. The number of oxazole rings is 1. The largest absolute Gasteiger partial charge is 0.440 e. The van der Waals surface area contributed by atoms with Gasteiger partial charge in [-0.15, -0.1) is 0 Å². The summed E-state index contributed by atoms with van der Waals surface area (Å²) in [7, 11) is -4.21. The summed E-state index contributed by atoms with van der Waals surface area (Å²) in [5.41, 5.74) is 1.64. The van der Waals surface area contributed by atoms with Crippen molar-refractivity contribution in [2.24, 2.45) is 11.3 Å². The number of aromatic nitrogens is 1. The molecule has 6 rings (SSSR count). The Kier molecular flexibility index (Phi) is 6.04. The van der Waals surface area contributed by atoms with E-state index in [4.69, 9.17) is 25.2 Å². The molecule has 0 unspecified atom stereocenters. The van der Waals surface area contributed by atoms with Gasteiger partial charge in [-0.2, -0.15) is 8.42 Å². The van der Waals surface area contributed by atoms with Crippen LogP contribution in [0.5, 0.6) is 0 Å². The van der Waals surface area contributed by atoms with Crippen LogP contribution < -0.4 is 10.0 Å². The van der Waals surface area contributed by atoms with Crippen molar-refractivity contribution >= 4 is 44.5 Å². The molecule has 196 valence electrons. The van der Waals surface area contributed by atoms with Gasteiger partial charge in [-0.05, 0) is 74.3 Å². The molecule has 1 aromatic carbocycles. The van der Waals surface area contributed by atoms with Gasteiger partial charge in [0.25, 0.3) is 15.9 Å². The highest BCUT2D eigenvalue weighted by Crippen LogP contribution is 2.61. The highest BCUT2D eigenvalue weighted by atomic mass is 35.5. The van der Waals surface area contributed by atoms with Gasteiger partial charge in [-0.25, -0.2) is 9.71 Å². The summed E-state index contributed by atoms with van der Waals surface area (Å²) in [6, 6.07) is 7.86. The number of amides is 2. The molecule has 12 heteroatoms. The lowest BCUT2D eigenvalue weighted by Gasteiger charge is -2.57. The van der Waals surface area contributed by atoms with E-state index in [0.29, 0.717) is 31.1 Å². The van der Waals surface area contributed by atoms with Gasteiger partial charge in [-0.3, -0.25) is 9.59 Å². The number of hydrogen-bond donors (Lipinski definition) is 2. The first-order valence-corrected chi connectivity index (χ1v) is 14.2. The standard InChI is InChI=1S/C25H26ClN3O7S/c26-16-1-2-19-18(9-16)28-24(36-19)15-10-25(11-15)12-17(13-25)27-23(31)20-3-4-21(35-20)37(32,33)29-22(30)14-5-7-34-8-6-14/h1-4,9,14-15,17H,5-8,10-13H2,(H,27,31)(H,29,30). The summed E-state index contributed by atoms with van der Waals surface area (Å²) in [5.74, 6) is -0.647. The lowest BCUT2D eigenvalue weighted by Crippen LogP contribution is -2.55. The smallest absolute Gasteiger partial charge is 0.297 e. The Labute approximate surface area is 218 Å². The molecular weight excluding hydrogens is 522 g/mol. The zero-order valence-electron chi connectivity index (χ0n) is 19.9. The second kappa shape index (κ2) is 9.14. The number of sulfonamides is 1. The fourth-order valence-electron chi connectivity index (χ4n) is 5.74. The van der Waals surface area contributed by atoms with Crippen molar-refractivity contribution in [2.75, 3.05) is 13.2 Å². The molecule has 3 aromatic rings. The van der Waals surface area contributed by atoms with Crippen LogP contribution in [0.2, 0.25) is 5.02 Å². The van der Waals surface area contributed by atoms with E-state index in [1.54, 1.807) is 12.1 Å². The third-order valence-electron chi connectivity index (χ3n) is 7.67. The molecule has 2 aromatic heterocycles. The molecule has 3 aliphatic rings. The summed E-state index contributed by atoms with van der Waals surface area (Å²) < 4.78 is 43.6. The summed E-state index contributed by atoms with van der Waals surface area (Å²) in [4.78, 5) is 29.5. The van der Waals surface area contributed by atoms with Crippen molar-refractivity contribution in [1.29, 1.82) is 0 Å². The Morgan fingerprint density at radius 1 is 1.03 bits per heavy atom. The van der Waals surface area contributed by atoms with Gasteiger partial charge in [0.2, 0.25) is 11.0 Å². The number of halogens is 1. The molecule has 10 nitrogen and oxygen atoms in total. The maximum absolute atomic E-state index is 12.7. The molecule has 0 radical (unpaired) electrons. The van der Waals surface area contributed by atoms with Gasteiger partial charge >= 0.3 is 0 Å². The van der Waals surface area contributed by atoms with Gasteiger partial charge in [0.05, 0.1) is 0 Å². The SMILES string of the molecule is O=C(NC1CC2(C1)CC(c1nc3cc(Cl)ccc3o1)C2)c1ccc(S(=O)(=O)NC(=O)C2CCOCC2)o1. The number of fused-ring (bicyclic) bond motifs is 1. The first-order chi connectivity index (χ1) is 17.7. The normalized spacial score (nSPS) is 26.0. The molecule has 37 heavy (non-hydrogen) atoms. The zero-order chi connectivity index (χ0) is 25.8. The first kappa shape index (κ1) is 24.4. The van der Waals surface area contributed by atoms with Crippen molar-refractivity contribution in [3.05, 3.63) is 47.0 Å². The second-order valence-electron chi connectivity index (χ2n) is 10.3. The third-order valence-corrected chi connectivity index (χ3v) is 9.12. The van der Waals surface area contributed by atoms with E-state index in [1.165, 1.54) is 12.1 Å². The molecule has 3 heterocycles. The highest BCUT2D eigenvalue weighted by Gasteiger charge is 2.54. The van der Waals surface area contributed by atoms with Crippen LogP contribution in [0.15, 0.2) is 44.3 Å². The monoisotopic (exact) mass is 547 g/mol. The Morgan fingerprint density at radius 2 is 1.78 bits per heavy atom. The first-order valence-electron chi connectivity index (χ1n) is 12.3. The quantitative estimate of drug-likeness (QED) is 0.475. The fourth-order valence-corrected chi connectivity index (χ4v) is 6.89. The Hall–Kier alpha value is -2.89. The van der Waals surface area contributed by atoms with Crippen molar-refractivity contribution in [2.45, 2.75) is 55.6 Å². The number of carbonyl (C=O) groups excluding carboxylic acids is 2. The van der Waals surface area contributed by atoms with Gasteiger partial charge in [0.15, 0.2) is 17.2 Å². The van der Waals surface area contributed by atoms with Crippen molar-refractivity contribution < 1.29 is 31.6 Å². The Bertz CT molecular complexity index is 1460. The minimum atomic E-state index is -4.21. The van der Waals surface area contributed by atoms with Crippen LogP contribution in [0.25, 0.3) is 11.1 Å².